The van der Waals surface area contributed by atoms with Gasteiger partial charge >= 0.3 is 0 Å². The quantitative estimate of drug-likeness (QED) is 0.865. The molecule has 2 fully saturated rings. The fourth-order valence-electron chi connectivity index (χ4n) is 3.69. The van der Waals surface area contributed by atoms with Crippen LogP contribution in [0.2, 0.25) is 0 Å². The first-order valence-corrected chi connectivity index (χ1v) is 9.04. The van der Waals surface area contributed by atoms with Crippen molar-refractivity contribution in [3.63, 3.8) is 0 Å². The molecule has 0 spiro atoms. The van der Waals surface area contributed by atoms with Crippen LogP contribution in [-0.2, 0) is 11.2 Å². The molecule has 2 aromatic heterocycles. The van der Waals surface area contributed by atoms with E-state index in [1.165, 1.54) is 0 Å². The number of piperidine rings is 1. The van der Waals surface area contributed by atoms with Gasteiger partial charge in [0.2, 0.25) is 11.9 Å². The predicted molar refractivity (Wildman–Crippen MR) is 90.4 cm³/mol. The van der Waals surface area contributed by atoms with E-state index < -0.39 is 0 Å². The van der Waals surface area contributed by atoms with E-state index in [0.717, 1.165) is 44.1 Å². The first kappa shape index (κ1) is 14.6. The second kappa shape index (κ2) is 6.28. The monoisotopic (exact) mass is 328 g/mol. The van der Waals surface area contributed by atoms with E-state index in [1.54, 1.807) is 23.7 Å². The molecule has 0 unspecified atom stereocenters. The van der Waals surface area contributed by atoms with Gasteiger partial charge in [0.25, 0.3) is 0 Å². The molecular weight excluding hydrogens is 308 g/mol. The van der Waals surface area contributed by atoms with E-state index in [-0.39, 0.29) is 5.91 Å². The summed E-state index contributed by atoms with van der Waals surface area (Å²) in [6.07, 6.45) is 5.24. The molecular formula is C17H20N4OS. The molecule has 2 atom stereocenters. The van der Waals surface area contributed by atoms with Crippen LogP contribution in [0.3, 0.4) is 0 Å². The Morgan fingerprint density at radius 3 is 2.83 bits per heavy atom. The lowest BCUT2D eigenvalue weighted by Crippen LogP contribution is -2.40. The highest BCUT2D eigenvalue weighted by molar-refractivity contribution is 7.07. The van der Waals surface area contributed by atoms with E-state index in [4.69, 9.17) is 0 Å². The van der Waals surface area contributed by atoms with Gasteiger partial charge in [0.15, 0.2) is 0 Å². The predicted octanol–water partition coefficient (Wildman–Crippen LogP) is 2.07. The molecule has 23 heavy (non-hydrogen) atoms. The van der Waals surface area contributed by atoms with Gasteiger partial charge in [0.05, 0.1) is 6.42 Å². The fourth-order valence-corrected chi connectivity index (χ4v) is 4.36. The van der Waals surface area contributed by atoms with Gasteiger partial charge in [-0.05, 0) is 46.7 Å². The first-order valence-electron chi connectivity index (χ1n) is 8.10. The number of amides is 1. The zero-order valence-electron chi connectivity index (χ0n) is 13.0. The number of fused-ring (bicyclic) bond motifs is 1. The van der Waals surface area contributed by atoms with Crippen LogP contribution >= 0.6 is 11.3 Å². The van der Waals surface area contributed by atoms with E-state index in [9.17, 15) is 4.79 Å². The SMILES string of the molecule is O=C(Cc1ccsc1)N1C[C@H]2CCN(c3ncccn3)C[C@H]2C1. The summed E-state index contributed by atoms with van der Waals surface area (Å²) >= 11 is 1.65. The Morgan fingerprint density at radius 1 is 1.22 bits per heavy atom. The van der Waals surface area contributed by atoms with Crippen LogP contribution in [0.5, 0.6) is 0 Å². The highest BCUT2D eigenvalue weighted by Gasteiger charge is 2.39. The lowest BCUT2D eigenvalue weighted by Gasteiger charge is -2.34. The molecule has 0 saturated carbocycles. The molecule has 1 amide bonds. The molecule has 2 aliphatic rings. The van der Waals surface area contributed by atoms with Crippen LogP contribution in [0.1, 0.15) is 12.0 Å². The van der Waals surface area contributed by atoms with Crippen molar-refractivity contribution in [2.75, 3.05) is 31.1 Å². The molecule has 2 aromatic rings. The standard InChI is InChI=1S/C17H20N4OS/c22-16(8-13-3-7-23-12-13)21-9-14-2-6-20(10-15(14)11-21)17-18-4-1-5-19-17/h1,3-5,7,12,14-15H,2,6,8-11H2/t14-,15+/m1/s1. The largest absolute Gasteiger partial charge is 0.342 e. The number of hydrogen-bond acceptors (Lipinski definition) is 5. The van der Waals surface area contributed by atoms with E-state index in [1.807, 2.05) is 17.5 Å². The number of rotatable bonds is 3. The maximum Gasteiger partial charge on any atom is 0.227 e. The highest BCUT2D eigenvalue weighted by Crippen LogP contribution is 2.32. The van der Waals surface area contributed by atoms with Crippen molar-refractivity contribution in [3.8, 4) is 0 Å². The number of thiophene rings is 1. The Kier molecular flexibility index (Phi) is 3.99. The molecule has 5 nitrogen and oxygen atoms in total. The summed E-state index contributed by atoms with van der Waals surface area (Å²) in [6.45, 7) is 3.72. The number of carbonyl (C=O) groups excluding carboxylic acids is 1. The highest BCUT2D eigenvalue weighted by atomic mass is 32.1. The van der Waals surface area contributed by atoms with Crippen LogP contribution in [-0.4, -0.2) is 47.0 Å². The normalized spacial score (nSPS) is 23.8. The van der Waals surface area contributed by atoms with Gasteiger partial charge in [0, 0.05) is 38.6 Å². The Labute approximate surface area is 140 Å². The minimum Gasteiger partial charge on any atom is -0.342 e. The molecule has 4 heterocycles. The van der Waals surface area contributed by atoms with Gasteiger partial charge in [0.1, 0.15) is 0 Å². The van der Waals surface area contributed by atoms with Crippen molar-refractivity contribution in [2.24, 2.45) is 11.8 Å². The minimum atomic E-state index is 0.264. The van der Waals surface area contributed by atoms with Crippen molar-refractivity contribution in [2.45, 2.75) is 12.8 Å². The van der Waals surface area contributed by atoms with E-state index in [2.05, 4.69) is 25.1 Å². The Morgan fingerprint density at radius 2 is 2.04 bits per heavy atom. The lowest BCUT2D eigenvalue weighted by atomic mass is 9.89. The summed E-state index contributed by atoms with van der Waals surface area (Å²) < 4.78 is 0. The van der Waals surface area contributed by atoms with Crippen molar-refractivity contribution >= 4 is 23.2 Å². The zero-order valence-corrected chi connectivity index (χ0v) is 13.8. The van der Waals surface area contributed by atoms with Gasteiger partial charge in [-0.25, -0.2) is 9.97 Å². The van der Waals surface area contributed by atoms with Gasteiger partial charge in [-0.2, -0.15) is 11.3 Å². The molecule has 0 aliphatic carbocycles. The van der Waals surface area contributed by atoms with Crippen molar-refractivity contribution < 1.29 is 4.79 Å². The van der Waals surface area contributed by atoms with Gasteiger partial charge in [-0.15, -0.1) is 0 Å². The number of hydrogen-bond donors (Lipinski definition) is 0. The van der Waals surface area contributed by atoms with Gasteiger partial charge in [-0.1, -0.05) is 0 Å². The second-order valence-electron chi connectivity index (χ2n) is 6.41. The second-order valence-corrected chi connectivity index (χ2v) is 7.19. The summed E-state index contributed by atoms with van der Waals surface area (Å²) in [5.41, 5.74) is 1.13. The molecule has 2 aliphatic heterocycles. The van der Waals surface area contributed by atoms with Gasteiger partial charge in [-0.3, -0.25) is 4.79 Å². The van der Waals surface area contributed by atoms with Crippen molar-refractivity contribution in [1.82, 2.24) is 14.9 Å². The number of carbonyl (C=O) groups is 1. The summed E-state index contributed by atoms with van der Waals surface area (Å²) in [7, 11) is 0. The first-order chi connectivity index (χ1) is 11.3. The molecule has 120 valence electrons. The maximum atomic E-state index is 12.5. The lowest BCUT2D eigenvalue weighted by molar-refractivity contribution is -0.129. The topological polar surface area (TPSA) is 49.3 Å². The summed E-state index contributed by atoms with van der Waals surface area (Å²) in [5.74, 6) is 2.25. The van der Waals surface area contributed by atoms with Crippen LogP contribution in [0, 0.1) is 11.8 Å². The third-order valence-electron chi connectivity index (χ3n) is 4.92. The molecule has 0 N–H and O–H groups in total. The average molecular weight is 328 g/mol. The molecule has 0 aromatic carbocycles. The number of nitrogens with zero attached hydrogens (tertiary/aromatic N) is 4. The maximum absolute atomic E-state index is 12.5. The molecule has 0 radical (unpaired) electrons. The Balaban J connectivity index is 1.39. The molecule has 0 bridgehead atoms. The van der Waals surface area contributed by atoms with Crippen LogP contribution in [0.25, 0.3) is 0 Å². The average Bonchev–Trinajstić information content (AvgIpc) is 3.24. The molecule has 4 rings (SSSR count). The summed E-state index contributed by atoms with van der Waals surface area (Å²) in [5, 5.41) is 4.10. The third-order valence-corrected chi connectivity index (χ3v) is 5.66. The third kappa shape index (κ3) is 3.08. The number of aromatic nitrogens is 2. The number of anilines is 1. The molecule has 6 heteroatoms. The fraction of sp³-hybridized carbons (Fsp3) is 0.471. The number of likely N-dealkylation sites (tertiary alicyclic amines) is 1. The van der Waals surface area contributed by atoms with Crippen LogP contribution in [0.4, 0.5) is 5.95 Å². The van der Waals surface area contributed by atoms with E-state index >= 15 is 0 Å². The Bertz CT molecular complexity index is 660. The smallest absolute Gasteiger partial charge is 0.227 e. The van der Waals surface area contributed by atoms with Gasteiger partial charge < -0.3 is 9.80 Å². The van der Waals surface area contributed by atoms with E-state index in [0.29, 0.717) is 18.3 Å². The summed E-state index contributed by atoms with van der Waals surface area (Å²) in [6, 6.07) is 3.89. The Hall–Kier alpha value is -1.95. The zero-order chi connectivity index (χ0) is 15.6. The van der Waals surface area contributed by atoms with Crippen LogP contribution < -0.4 is 4.90 Å². The minimum absolute atomic E-state index is 0.264. The summed E-state index contributed by atoms with van der Waals surface area (Å²) in [4.78, 5) is 25.5. The van der Waals surface area contributed by atoms with Crippen molar-refractivity contribution in [3.05, 3.63) is 40.8 Å². The molecule has 2 saturated heterocycles. The van der Waals surface area contributed by atoms with Crippen molar-refractivity contribution in [1.29, 1.82) is 0 Å². The van der Waals surface area contributed by atoms with Crippen LogP contribution in [0.15, 0.2) is 35.3 Å².